The van der Waals surface area contributed by atoms with E-state index >= 15 is 0 Å². The Morgan fingerprint density at radius 3 is 2.36 bits per heavy atom. The lowest BCUT2D eigenvalue weighted by atomic mass is 9.81. The summed E-state index contributed by atoms with van der Waals surface area (Å²) in [6.07, 6.45) is 1.93. The number of nitrogens with one attached hydrogen (secondary N) is 2. The highest BCUT2D eigenvalue weighted by molar-refractivity contribution is 5.90. The third-order valence-corrected chi connectivity index (χ3v) is 4.48. The van der Waals surface area contributed by atoms with Gasteiger partial charge in [0.05, 0.1) is 5.41 Å². The van der Waals surface area contributed by atoms with Gasteiger partial charge in [0.25, 0.3) is 0 Å². The monoisotopic (exact) mass is 369 g/mol. The van der Waals surface area contributed by atoms with E-state index < -0.39 is 5.41 Å². The lowest BCUT2D eigenvalue weighted by Crippen LogP contribution is -2.45. The number of anilines is 1. The van der Waals surface area contributed by atoms with Gasteiger partial charge in [-0.2, -0.15) is 0 Å². The quantitative estimate of drug-likeness (QED) is 0.623. The van der Waals surface area contributed by atoms with Crippen molar-refractivity contribution in [3.05, 3.63) is 29.8 Å². The van der Waals surface area contributed by atoms with Crippen molar-refractivity contribution in [3.63, 3.8) is 0 Å². The molecule has 0 heterocycles. The zero-order valence-electron chi connectivity index (χ0n) is 15.7. The van der Waals surface area contributed by atoms with Crippen LogP contribution in [0.4, 0.5) is 5.69 Å². The normalized spacial score (nSPS) is 11.0. The average Bonchev–Trinajstić information content (AvgIpc) is 2.54. The van der Waals surface area contributed by atoms with Gasteiger partial charge in [-0.15, -0.1) is 12.4 Å². The van der Waals surface area contributed by atoms with Crippen molar-refractivity contribution >= 4 is 29.9 Å². The van der Waals surface area contributed by atoms with Crippen molar-refractivity contribution in [3.8, 4) is 0 Å². The smallest absolute Gasteiger partial charge is 0.227 e. The van der Waals surface area contributed by atoms with E-state index in [-0.39, 0.29) is 24.2 Å². The van der Waals surface area contributed by atoms with E-state index in [1.807, 2.05) is 52.0 Å². The summed E-state index contributed by atoms with van der Waals surface area (Å²) < 4.78 is 0. The first-order valence-corrected chi connectivity index (χ1v) is 8.74. The molecule has 0 aliphatic rings. The van der Waals surface area contributed by atoms with Crippen LogP contribution in [0.25, 0.3) is 0 Å². The molecule has 0 aliphatic heterocycles. The molecule has 0 saturated heterocycles. The summed E-state index contributed by atoms with van der Waals surface area (Å²) in [6.45, 7) is 8.76. The third kappa shape index (κ3) is 7.04. The van der Waals surface area contributed by atoms with Crippen LogP contribution in [-0.4, -0.2) is 18.4 Å². The maximum absolute atomic E-state index is 12.5. The van der Waals surface area contributed by atoms with Crippen LogP contribution in [0.3, 0.4) is 0 Å². The molecule has 1 aromatic carbocycles. The zero-order chi connectivity index (χ0) is 18.2. The van der Waals surface area contributed by atoms with E-state index in [9.17, 15) is 9.59 Å². The molecule has 5 nitrogen and oxygen atoms in total. The van der Waals surface area contributed by atoms with Crippen LogP contribution >= 0.6 is 12.4 Å². The molecular weight excluding hydrogens is 338 g/mol. The van der Waals surface area contributed by atoms with Crippen molar-refractivity contribution in [1.29, 1.82) is 0 Å². The Morgan fingerprint density at radius 1 is 1.20 bits per heavy atom. The first-order valence-electron chi connectivity index (χ1n) is 8.74. The highest BCUT2D eigenvalue weighted by Gasteiger charge is 2.32. The second-order valence-corrected chi connectivity index (χ2v) is 6.72. The highest BCUT2D eigenvalue weighted by atomic mass is 35.5. The van der Waals surface area contributed by atoms with Crippen LogP contribution in [0.2, 0.25) is 0 Å². The summed E-state index contributed by atoms with van der Waals surface area (Å²) in [5.41, 5.74) is 7.01. The molecule has 4 N–H and O–H groups in total. The first-order chi connectivity index (χ1) is 11.4. The summed E-state index contributed by atoms with van der Waals surface area (Å²) in [6, 6.07) is 7.55. The maximum atomic E-state index is 12.5. The van der Waals surface area contributed by atoms with Gasteiger partial charge in [0, 0.05) is 25.2 Å². The number of hydrogen-bond acceptors (Lipinski definition) is 3. The fraction of sp³-hybridized carbons (Fsp3) is 0.579. The van der Waals surface area contributed by atoms with E-state index in [4.69, 9.17) is 5.73 Å². The molecule has 0 unspecified atom stereocenters. The van der Waals surface area contributed by atoms with E-state index in [0.717, 1.165) is 24.1 Å². The summed E-state index contributed by atoms with van der Waals surface area (Å²) >= 11 is 0. The van der Waals surface area contributed by atoms with Gasteiger partial charge in [0.15, 0.2) is 0 Å². The Morgan fingerprint density at radius 2 is 1.84 bits per heavy atom. The summed E-state index contributed by atoms with van der Waals surface area (Å²) in [7, 11) is 0. The van der Waals surface area contributed by atoms with Gasteiger partial charge in [-0.1, -0.05) is 39.8 Å². The second kappa shape index (κ2) is 11.1. The molecule has 0 aromatic heterocycles. The highest BCUT2D eigenvalue weighted by Crippen LogP contribution is 2.25. The standard InChI is InChI=1S/C19H31N3O2.ClH/c1-5-19(6-2,13-20)18(24)21-12-15-8-7-9-16(11-15)22-17(23)10-14(3)4;/h7-9,11,14H,5-6,10,12-13,20H2,1-4H3,(H,21,24)(H,22,23);1H. The van der Waals surface area contributed by atoms with Crippen molar-refractivity contribution in [2.24, 2.45) is 17.1 Å². The molecule has 25 heavy (non-hydrogen) atoms. The molecule has 0 aliphatic carbocycles. The average molecular weight is 370 g/mol. The van der Waals surface area contributed by atoms with Crippen molar-refractivity contribution in [1.82, 2.24) is 5.32 Å². The first kappa shape index (κ1) is 23.4. The maximum Gasteiger partial charge on any atom is 0.227 e. The van der Waals surface area contributed by atoms with Crippen LogP contribution < -0.4 is 16.4 Å². The Balaban J connectivity index is 0.00000576. The molecule has 0 radical (unpaired) electrons. The fourth-order valence-corrected chi connectivity index (χ4v) is 2.66. The Hall–Kier alpha value is -1.59. The Kier molecular flexibility index (Phi) is 10.4. The van der Waals surface area contributed by atoms with E-state index in [2.05, 4.69) is 10.6 Å². The SMILES string of the molecule is CCC(CC)(CN)C(=O)NCc1cccc(NC(=O)CC(C)C)c1.Cl. The minimum absolute atomic E-state index is 0. The number of carbonyl (C=O) groups is 2. The molecular formula is C19H32ClN3O2. The fourth-order valence-electron chi connectivity index (χ4n) is 2.66. The number of nitrogens with two attached hydrogens (primary N) is 1. The lowest BCUT2D eigenvalue weighted by molar-refractivity contribution is -0.131. The van der Waals surface area contributed by atoms with Gasteiger partial charge in [-0.3, -0.25) is 9.59 Å². The van der Waals surface area contributed by atoms with Gasteiger partial charge in [0.2, 0.25) is 11.8 Å². The Bertz CT molecular complexity index is 549. The van der Waals surface area contributed by atoms with E-state index in [1.165, 1.54) is 0 Å². The van der Waals surface area contributed by atoms with Gasteiger partial charge < -0.3 is 16.4 Å². The van der Waals surface area contributed by atoms with Crippen LogP contribution in [0.1, 0.15) is 52.5 Å². The van der Waals surface area contributed by atoms with Gasteiger partial charge in [-0.25, -0.2) is 0 Å². The predicted molar refractivity (Wildman–Crippen MR) is 106 cm³/mol. The molecule has 0 atom stereocenters. The number of halogens is 1. The van der Waals surface area contributed by atoms with Crippen molar-refractivity contribution in [2.75, 3.05) is 11.9 Å². The van der Waals surface area contributed by atoms with Gasteiger partial charge in [-0.05, 0) is 36.5 Å². The molecule has 0 bridgehead atoms. The van der Waals surface area contributed by atoms with Crippen LogP contribution in [0.15, 0.2) is 24.3 Å². The molecule has 142 valence electrons. The summed E-state index contributed by atoms with van der Waals surface area (Å²) in [4.78, 5) is 24.3. The lowest BCUT2D eigenvalue weighted by Gasteiger charge is -2.28. The summed E-state index contributed by atoms with van der Waals surface area (Å²) in [5.74, 6) is 0.314. The van der Waals surface area contributed by atoms with Crippen LogP contribution in [0.5, 0.6) is 0 Å². The molecule has 0 saturated carbocycles. The van der Waals surface area contributed by atoms with Gasteiger partial charge in [0.1, 0.15) is 0 Å². The minimum Gasteiger partial charge on any atom is -0.352 e. The number of hydrogen-bond donors (Lipinski definition) is 3. The van der Waals surface area contributed by atoms with Crippen LogP contribution in [0, 0.1) is 11.3 Å². The van der Waals surface area contributed by atoms with Crippen molar-refractivity contribution < 1.29 is 9.59 Å². The molecule has 1 rings (SSSR count). The van der Waals surface area contributed by atoms with Crippen molar-refractivity contribution in [2.45, 2.75) is 53.5 Å². The minimum atomic E-state index is -0.497. The molecule has 2 amide bonds. The van der Waals surface area contributed by atoms with E-state index in [1.54, 1.807) is 0 Å². The third-order valence-electron chi connectivity index (χ3n) is 4.48. The predicted octanol–water partition coefficient (Wildman–Crippen LogP) is 3.47. The molecule has 6 heteroatoms. The number of rotatable bonds is 9. The zero-order valence-corrected chi connectivity index (χ0v) is 16.5. The van der Waals surface area contributed by atoms with E-state index in [0.29, 0.717) is 25.4 Å². The molecule has 0 fully saturated rings. The number of carbonyl (C=O) groups excluding carboxylic acids is 2. The van der Waals surface area contributed by atoms with Gasteiger partial charge >= 0.3 is 0 Å². The second-order valence-electron chi connectivity index (χ2n) is 6.72. The van der Waals surface area contributed by atoms with Crippen LogP contribution in [-0.2, 0) is 16.1 Å². The Labute approximate surface area is 157 Å². The largest absolute Gasteiger partial charge is 0.352 e. The number of amides is 2. The molecule has 1 aromatic rings. The molecule has 0 spiro atoms. The number of benzene rings is 1. The topological polar surface area (TPSA) is 84.2 Å². The summed E-state index contributed by atoms with van der Waals surface area (Å²) in [5, 5.41) is 5.87.